The van der Waals surface area contributed by atoms with Gasteiger partial charge in [-0.2, -0.15) is 0 Å². The summed E-state index contributed by atoms with van der Waals surface area (Å²) in [5, 5.41) is 0.685. The summed E-state index contributed by atoms with van der Waals surface area (Å²) in [5.74, 6) is 0.986. The number of rotatable bonds is 2. The lowest BCUT2D eigenvalue weighted by molar-refractivity contribution is 0.371. The highest BCUT2D eigenvalue weighted by molar-refractivity contribution is 6.31. The largest absolute Gasteiger partial charge is 0.324 e. The van der Waals surface area contributed by atoms with Gasteiger partial charge in [-0.3, -0.25) is 0 Å². The molecule has 0 bridgehead atoms. The molecule has 0 amide bonds. The first-order valence-electron chi connectivity index (χ1n) is 7.98. The highest BCUT2D eigenvalue weighted by Gasteiger charge is 2.22. The van der Waals surface area contributed by atoms with Crippen LogP contribution in [0.3, 0.4) is 0 Å². The summed E-state index contributed by atoms with van der Waals surface area (Å²) in [6, 6.07) is 6.44. The second-order valence-electron chi connectivity index (χ2n) is 6.09. The monoisotopic (exact) mass is 324 g/mol. The van der Waals surface area contributed by atoms with Crippen LogP contribution in [0, 0.1) is 0 Å². The molecule has 0 N–H and O–H groups in total. The number of imidazole rings is 1. The molecule has 0 saturated heterocycles. The molecule has 1 atom stereocenters. The summed E-state index contributed by atoms with van der Waals surface area (Å²) < 4.78 is 2.37. The first kappa shape index (κ1) is 15.2. The van der Waals surface area contributed by atoms with Crippen LogP contribution >= 0.6 is 23.2 Å². The van der Waals surface area contributed by atoms with E-state index in [1.54, 1.807) is 0 Å². The van der Waals surface area contributed by atoms with E-state index in [-0.39, 0.29) is 5.38 Å². The molecule has 0 aliphatic heterocycles. The molecule has 1 heterocycles. The van der Waals surface area contributed by atoms with Gasteiger partial charge in [0.15, 0.2) is 0 Å². The molecule has 1 saturated carbocycles. The quantitative estimate of drug-likeness (QED) is 0.595. The van der Waals surface area contributed by atoms with Crippen LogP contribution in [-0.2, 0) is 0 Å². The van der Waals surface area contributed by atoms with E-state index in [4.69, 9.17) is 28.2 Å². The van der Waals surface area contributed by atoms with Gasteiger partial charge in [-0.25, -0.2) is 4.98 Å². The molecule has 4 heteroatoms. The molecule has 1 aliphatic rings. The van der Waals surface area contributed by atoms with Crippen molar-refractivity contribution in [2.45, 2.75) is 63.3 Å². The number of hydrogen-bond donors (Lipinski definition) is 0. The average molecular weight is 325 g/mol. The van der Waals surface area contributed by atoms with Gasteiger partial charge in [-0.05, 0) is 38.0 Å². The fourth-order valence-electron chi connectivity index (χ4n) is 3.44. The van der Waals surface area contributed by atoms with Crippen molar-refractivity contribution in [3.05, 3.63) is 29.0 Å². The topological polar surface area (TPSA) is 17.8 Å². The Balaban J connectivity index is 2.08. The van der Waals surface area contributed by atoms with Crippen LogP contribution in [0.5, 0.6) is 0 Å². The maximum Gasteiger partial charge on any atom is 0.127 e. The number of fused-ring (bicyclic) bond motifs is 1. The van der Waals surface area contributed by atoms with Gasteiger partial charge in [0, 0.05) is 11.1 Å². The van der Waals surface area contributed by atoms with Crippen molar-refractivity contribution in [1.29, 1.82) is 0 Å². The summed E-state index contributed by atoms with van der Waals surface area (Å²) in [5.41, 5.74) is 2.14. The van der Waals surface area contributed by atoms with E-state index in [9.17, 15) is 0 Å². The van der Waals surface area contributed by atoms with Crippen molar-refractivity contribution < 1.29 is 0 Å². The second-order valence-corrected chi connectivity index (χ2v) is 7.18. The van der Waals surface area contributed by atoms with Crippen LogP contribution in [0.2, 0.25) is 5.02 Å². The smallest absolute Gasteiger partial charge is 0.127 e. The van der Waals surface area contributed by atoms with Gasteiger partial charge in [0.2, 0.25) is 0 Å². The van der Waals surface area contributed by atoms with Crippen LogP contribution in [0.1, 0.15) is 69.1 Å². The lowest BCUT2D eigenvalue weighted by Gasteiger charge is -2.24. The zero-order valence-electron chi connectivity index (χ0n) is 12.5. The van der Waals surface area contributed by atoms with E-state index in [0.717, 1.165) is 21.9 Å². The van der Waals surface area contributed by atoms with E-state index < -0.39 is 0 Å². The van der Waals surface area contributed by atoms with E-state index in [1.165, 1.54) is 44.9 Å². The fourth-order valence-corrected chi connectivity index (χ4v) is 3.76. The van der Waals surface area contributed by atoms with E-state index in [0.29, 0.717) is 6.04 Å². The molecule has 1 aromatic carbocycles. The van der Waals surface area contributed by atoms with Crippen LogP contribution in [0.25, 0.3) is 11.0 Å². The highest BCUT2D eigenvalue weighted by Crippen LogP contribution is 2.35. The number of alkyl halides is 1. The van der Waals surface area contributed by atoms with Crippen molar-refractivity contribution >= 4 is 34.2 Å². The van der Waals surface area contributed by atoms with Gasteiger partial charge in [0.05, 0.1) is 16.4 Å². The van der Waals surface area contributed by atoms with Crippen molar-refractivity contribution in [1.82, 2.24) is 9.55 Å². The molecule has 1 aliphatic carbocycles. The molecule has 1 fully saturated rings. The number of nitrogens with zero attached hydrogens (tertiary/aromatic N) is 2. The molecule has 1 aromatic heterocycles. The predicted octanol–water partition coefficient (Wildman–Crippen LogP) is 6.27. The third kappa shape index (κ3) is 3.22. The number of benzene rings is 1. The minimum Gasteiger partial charge on any atom is -0.324 e. The molecule has 0 radical (unpaired) electrons. The molecule has 21 heavy (non-hydrogen) atoms. The van der Waals surface area contributed by atoms with Crippen molar-refractivity contribution in [2.24, 2.45) is 0 Å². The first-order chi connectivity index (χ1) is 10.2. The number of hydrogen-bond acceptors (Lipinski definition) is 1. The minimum atomic E-state index is -0.0818. The third-order valence-electron chi connectivity index (χ3n) is 4.47. The Morgan fingerprint density at radius 1 is 1.14 bits per heavy atom. The van der Waals surface area contributed by atoms with E-state index >= 15 is 0 Å². The van der Waals surface area contributed by atoms with E-state index in [2.05, 4.69) is 4.57 Å². The Labute approximate surface area is 136 Å². The predicted molar refractivity (Wildman–Crippen MR) is 90.4 cm³/mol. The van der Waals surface area contributed by atoms with Crippen molar-refractivity contribution in [3.63, 3.8) is 0 Å². The molecule has 0 spiro atoms. The molecular formula is C17H22Cl2N2. The molecule has 2 nitrogen and oxygen atoms in total. The number of aromatic nitrogens is 2. The normalized spacial score (nSPS) is 19.4. The lowest BCUT2D eigenvalue weighted by atomic mass is 9.96. The Kier molecular flexibility index (Phi) is 4.75. The summed E-state index contributed by atoms with van der Waals surface area (Å²) in [6.07, 6.45) is 9.08. The SMILES string of the molecule is CC(Cl)c1nc2ccc(Cl)cc2n1C1CCCCCCC1. The van der Waals surface area contributed by atoms with Gasteiger partial charge in [-0.15, -0.1) is 11.6 Å². The van der Waals surface area contributed by atoms with Crippen LogP contribution in [-0.4, -0.2) is 9.55 Å². The Morgan fingerprint density at radius 2 is 1.81 bits per heavy atom. The standard InChI is InChI=1S/C17H22Cl2N2/c1-12(18)17-20-15-10-9-13(19)11-16(15)21(17)14-7-5-3-2-4-6-8-14/h9-12,14H,2-8H2,1H3. The Bertz CT molecular complexity index is 611. The zero-order valence-corrected chi connectivity index (χ0v) is 14.0. The highest BCUT2D eigenvalue weighted by atomic mass is 35.5. The summed E-state index contributed by atoms with van der Waals surface area (Å²) in [7, 11) is 0. The third-order valence-corrected chi connectivity index (χ3v) is 4.90. The van der Waals surface area contributed by atoms with Crippen LogP contribution < -0.4 is 0 Å². The fraction of sp³-hybridized carbons (Fsp3) is 0.588. The summed E-state index contributed by atoms with van der Waals surface area (Å²) >= 11 is 12.6. The average Bonchev–Trinajstić information content (AvgIpc) is 2.77. The first-order valence-corrected chi connectivity index (χ1v) is 8.79. The molecule has 114 valence electrons. The van der Waals surface area contributed by atoms with Gasteiger partial charge < -0.3 is 4.57 Å². The van der Waals surface area contributed by atoms with Crippen molar-refractivity contribution in [3.8, 4) is 0 Å². The summed E-state index contributed by atoms with van der Waals surface area (Å²) in [6.45, 7) is 2.00. The second kappa shape index (κ2) is 6.58. The Hall–Kier alpha value is -0.730. The molecule has 2 aromatic rings. The van der Waals surface area contributed by atoms with Gasteiger partial charge >= 0.3 is 0 Å². The van der Waals surface area contributed by atoms with Crippen LogP contribution in [0.4, 0.5) is 0 Å². The maximum absolute atomic E-state index is 6.40. The van der Waals surface area contributed by atoms with Gasteiger partial charge in [0.1, 0.15) is 5.82 Å². The van der Waals surface area contributed by atoms with Gasteiger partial charge in [0.25, 0.3) is 0 Å². The minimum absolute atomic E-state index is 0.0818. The van der Waals surface area contributed by atoms with Crippen LogP contribution in [0.15, 0.2) is 18.2 Å². The lowest BCUT2D eigenvalue weighted by Crippen LogP contribution is -2.14. The zero-order chi connectivity index (χ0) is 14.8. The molecule has 3 rings (SSSR count). The van der Waals surface area contributed by atoms with E-state index in [1.807, 2.05) is 25.1 Å². The molecular weight excluding hydrogens is 303 g/mol. The number of halogens is 2. The Morgan fingerprint density at radius 3 is 2.48 bits per heavy atom. The van der Waals surface area contributed by atoms with Gasteiger partial charge in [-0.1, -0.05) is 43.7 Å². The summed E-state index contributed by atoms with van der Waals surface area (Å²) in [4.78, 5) is 4.75. The molecule has 1 unspecified atom stereocenters. The maximum atomic E-state index is 6.40. The van der Waals surface area contributed by atoms with Crippen molar-refractivity contribution in [2.75, 3.05) is 0 Å².